The third-order valence-electron chi connectivity index (χ3n) is 2.60. The molecular formula is C12H10N4S. The molecule has 0 aromatic carbocycles. The van der Waals surface area contributed by atoms with Crippen molar-refractivity contribution in [2.75, 3.05) is 5.73 Å². The molecule has 0 atom stereocenters. The molecule has 0 amide bonds. The van der Waals surface area contributed by atoms with Gasteiger partial charge in [0.05, 0.1) is 15.9 Å². The van der Waals surface area contributed by atoms with Crippen molar-refractivity contribution in [2.45, 2.75) is 6.92 Å². The normalized spacial score (nSPS) is 10.9. The monoisotopic (exact) mass is 242 g/mol. The Hall–Kier alpha value is -2.01. The van der Waals surface area contributed by atoms with Crippen LogP contribution in [0.5, 0.6) is 0 Å². The van der Waals surface area contributed by atoms with Crippen LogP contribution in [0.4, 0.5) is 5.95 Å². The predicted octanol–water partition coefficient (Wildman–Crippen LogP) is 2.64. The van der Waals surface area contributed by atoms with Gasteiger partial charge in [-0.3, -0.25) is 4.98 Å². The van der Waals surface area contributed by atoms with Crippen LogP contribution in [0.25, 0.3) is 21.5 Å². The molecule has 5 heteroatoms. The largest absolute Gasteiger partial charge is 0.368 e. The summed E-state index contributed by atoms with van der Waals surface area (Å²) in [5, 5.41) is 2.00. The topological polar surface area (TPSA) is 64.7 Å². The van der Waals surface area contributed by atoms with Crippen LogP contribution in [0.15, 0.2) is 29.9 Å². The highest BCUT2D eigenvalue weighted by Gasteiger charge is 2.11. The van der Waals surface area contributed by atoms with Gasteiger partial charge >= 0.3 is 0 Å². The Morgan fingerprint density at radius 3 is 2.94 bits per heavy atom. The van der Waals surface area contributed by atoms with E-state index in [1.54, 1.807) is 17.5 Å². The summed E-state index contributed by atoms with van der Waals surface area (Å²) in [6.07, 6.45) is 3.59. The molecule has 4 nitrogen and oxygen atoms in total. The molecule has 0 aliphatic heterocycles. The van der Waals surface area contributed by atoms with Gasteiger partial charge in [0.25, 0.3) is 0 Å². The quantitative estimate of drug-likeness (QED) is 0.712. The Morgan fingerprint density at radius 2 is 2.12 bits per heavy atom. The zero-order chi connectivity index (χ0) is 11.8. The van der Waals surface area contributed by atoms with E-state index in [9.17, 15) is 0 Å². The van der Waals surface area contributed by atoms with Crippen LogP contribution in [0, 0.1) is 6.92 Å². The van der Waals surface area contributed by atoms with E-state index in [1.807, 2.05) is 30.6 Å². The number of aryl methyl sites for hydroxylation is 1. The molecule has 0 aliphatic carbocycles. The first-order valence-electron chi connectivity index (χ1n) is 5.17. The minimum atomic E-state index is 0.308. The molecule has 0 spiro atoms. The number of anilines is 1. The van der Waals surface area contributed by atoms with Gasteiger partial charge < -0.3 is 5.73 Å². The third kappa shape index (κ3) is 1.64. The zero-order valence-corrected chi connectivity index (χ0v) is 10.0. The summed E-state index contributed by atoms with van der Waals surface area (Å²) in [4.78, 5) is 12.7. The van der Waals surface area contributed by atoms with Gasteiger partial charge in [0.15, 0.2) is 0 Å². The van der Waals surface area contributed by atoms with Gasteiger partial charge in [0.1, 0.15) is 0 Å². The lowest BCUT2D eigenvalue weighted by molar-refractivity contribution is 1.22. The van der Waals surface area contributed by atoms with Gasteiger partial charge in [-0.05, 0) is 30.0 Å². The van der Waals surface area contributed by atoms with Crippen LogP contribution in [0.2, 0.25) is 0 Å². The molecule has 3 aromatic heterocycles. The Bertz CT molecular complexity index is 690. The molecule has 0 fully saturated rings. The standard InChI is InChI=1S/C12H10N4S/c1-7-6-14-4-2-8(7)10-11-9(3-5-17-11)15-12(13)16-10/h2-6H,1H3,(H2,13,15,16). The van der Waals surface area contributed by atoms with Gasteiger partial charge in [-0.1, -0.05) is 0 Å². The van der Waals surface area contributed by atoms with Crippen molar-refractivity contribution in [1.82, 2.24) is 15.0 Å². The predicted molar refractivity (Wildman–Crippen MR) is 69.8 cm³/mol. The number of hydrogen-bond acceptors (Lipinski definition) is 5. The molecular weight excluding hydrogens is 232 g/mol. The number of aromatic nitrogens is 3. The molecule has 3 aromatic rings. The number of pyridine rings is 1. The zero-order valence-electron chi connectivity index (χ0n) is 9.21. The van der Waals surface area contributed by atoms with Crippen molar-refractivity contribution in [3.8, 4) is 11.3 Å². The van der Waals surface area contributed by atoms with Crippen molar-refractivity contribution in [1.29, 1.82) is 0 Å². The van der Waals surface area contributed by atoms with Crippen LogP contribution in [-0.2, 0) is 0 Å². The van der Waals surface area contributed by atoms with Crippen LogP contribution >= 0.6 is 11.3 Å². The number of nitrogen functional groups attached to an aromatic ring is 1. The van der Waals surface area contributed by atoms with Crippen LogP contribution in [0.1, 0.15) is 5.56 Å². The van der Waals surface area contributed by atoms with Crippen LogP contribution in [-0.4, -0.2) is 15.0 Å². The van der Waals surface area contributed by atoms with E-state index in [0.717, 1.165) is 27.0 Å². The molecule has 17 heavy (non-hydrogen) atoms. The van der Waals surface area contributed by atoms with Crippen molar-refractivity contribution in [3.05, 3.63) is 35.5 Å². The van der Waals surface area contributed by atoms with Crippen LogP contribution < -0.4 is 5.73 Å². The van der Waals surface area contributed by atoms with Crippen molar-refractivity contribution >= 4 is 27.5 Å². The van der Waals surface area contributed by atoms with E-state index in [-0.39, 0.29) is 0 Å². The molecule has 0 bridgehead atoms. The summed E-state index contributed by atoms with van der Waals surface area (Å²) in [6, 6.07) is 3.91. The number of hydrogen-bond donors (Lipinski definition) is 1. The second-order valence-electron chi connectivity index (χ2n) is 3.76. The van der Waals surface area contributed by atoms with Gasteiger partial charge in [0.2, 0.25) is 5.95 Å². The molecule has 2 N–H and O–H groups in total. The van der Waals surface area contributed by atoms with Gasteiger partial charge in [-0.2, -0.15) is 0 Å². The number of nitrogens with two attached hydrogens (primary N) is 1. The fraction of sp³-hybridized carbons (Fsp3) is 0.0833. The highest BCUT2D eigenvalue weighted by molar-refractivity contribution is 7.17. The molecule has 0 unspecified atom stereocenters. The second kappa shape index (κ2) is 3.78. The van der Waals surface area contributed by atoms with Crippen molar-refractivity contribution < 1.29 is 0 Å². The van der Waals surface area contributed by atoms with E-state index >= 15 is 0 Å². The van der Waals surface area contributed by atoms with E-state index in [2.05, 4.69) is 15.0 Å². The maximum atomic E-state index is 5.74. The van der Waals surface area contributed by atoms with Crippen LogP contribution in [0.3, 0.4) is 0 Å². The number of thiophene rings is 1. The first kappa shape index (κ1) is 10.2. The Labute approximate surface area is 102 Å². The Morgan fingerprint density at radius 1 is 1.24 bits per heavy atom. The minimum absolute atomic E-state index is 0.308. The highest BCUT2D eigenvalue weighted by Crippen LogP contribution is 2.31. The van der Waals surface area contributed by atoms with Gasteiger partial charge in [0, 0.05) is 18.0 Å². The summed E-state index contributed by atoms with van der Waals surface area (Å²) in [5.41, 5.74) is 9.67. The lowest BCUT2D eigenvalue weighted by Crippen LogP contribution is -1.97. The summed E-state index contributed by atoms with van der Waals surface area (Å²) >= 11 is 1.63. The first-order chi connectivity index (χ1) is 8.25. The molecule has 3 heterocycles. The van der Waals surface area contributed by atoms with E-state index in [1.165, 1.54) is 0 Å². The molecule has 0 aliphatic rings. The van der Waals surface area contributed by atoms with Crippen molar-refractivity contribution in [2.24, 2.45) is 0 Å². The average Bonchev–Trinajstić information content (AvgIpc) is 2.76. The van der Waals surface area contributed by atoms with Gasteiger partial charge in [-0.15, -0.1) is 11.3 Å². The third-order valence-corrected chi connectivity index (χ3v) is 3.51. The Kier molecular flexibility index (Phi) is 2.26. The van der Waals surface area contributed by atoms with E-state index in [0.29, 0.717) is 5.95 Å². The smallest absolute Gasteiger partial charge is 0.221 e. The average molecular weight is 242 g/mol. The molecule has 0 saturated heterocycles. The minimum Gasteiger partial charge on any atom is -0.368 e. The summed E-state index contributed by atoms with van der Waals surface area (Å²) in [5.74, 6) is 0.308. The maximum absolute atomic E-state index is 5.74. The fourth-order valence-corrected chi connectivity index (χ4v) is 2.64. The highest BCUT2D eigenvalue weighted by atomic mass is 32.1. The summed E-state index contributed by atoms with van der Waals surface area (Å²) in [7, 11) is 0. The number of fused-ring (bicyclic) bond motifs is 1. The number of nitrogens with zero attached hydrogens (tertiary/aromatic N) is 3. The lowest BCUT2D eigenvalue weighted by atomic mass is 10.1. The number of rotatable bonds is 1. The fourth-order valence-electron chi connectivity index (χ4n) is 1.80. The molecule has 0 saturated carbocycles. The van der Waals surface area contributed by atoms with E-state index < -0.39 is 0 Å². The molecule has 3 rings (SSSR count). The first-order valence-corrected chi connectivity index (χ1v) is 6.05. The lowest BCUT2D eigenvalue weighted by Gasteiger charge is -2.06. The summed E-state index contributed by atoms with van der Waals surface area (Å²) in [6.45, 7) is 2.01. The van der Waals surface area contributed by atoms with E-state index in [4.69, 9.17) is 5.73 Å². The molecule has 0 radical (unpaired) electrons. The summed E-state index contributed by atoms with van der Waals surface area (Å²) < 4.78 is 1.06. The SMILES string of the molecule is Cc1cnccc1-c1nc(N)nc2ccsc12. The Balaban J connectivity index is 2.37. The van der Waals surface area contributed by atoms with Gasteiger partial charge in [-0.25, -0.2) is 9.97 Å². The molecule has 84 valence electrons. The maximum Gasteiger partial charge on any atom is 0.221 e. The van der Waals surface area contributed by atoms with Crippen molar-refractivity contribution in [3.63, 3.8) is 0 Å². The second-order valence-corrected chi connectivity index (χ2v) is 4.67.